The van der Waals surface area contributed by atoms with Gasteiger partial charge in [0.25, 0.3) is 0 Å². The first kappa shape index (κ1) is 16.5. The molecule has 0 aromatic heterocycles. The Morgan fingerprint density at radius 2 is 1.76 bits per heavy atom. The quantitative estimate of drug-likeness (QED) is 0.898. The predicted molar refractivity (Wildman–Crippen MR) is 85.3 cm³/mol. The van der Waals surface area contributed by atoms with Crippen LogP contribution in [0.5, 0.6) is 0 Å². The number of nitrogens with one attached hydrogen (secondary N) is 1. The molecule has 1 aromatic carbocycles. The lowest BCUT2D eigenvalue weighted by atomic mass is 9.79. The molecule has 21 heavy (non-hydrogen) atoms. The highest BCUT2D eigenvalue weighted by molar-refractivity contribution is 7.89. The van der Waals surface area contributed by atoms with Gasteiger partial charge in [0.1, 0.15) is 0 Å². The van der Waals surface area contributed by atoms with E-state index < -0.39 is 10.0 Å². The summed E-state index contributed by atoms with van der Waals surface area (Å²) in [5.74, 6) is 1.57. The van der Waals surface area contributed by atoms with Crippen molar-refractivity contribution in [2.45, 2.75) is 57.0 Å². The number of benzene rings is 1. The maximum atomic E-state index is 11.3. The molecule has 4 atom stereocenters. The van der Waals surface area contributed by atoms with Crippen molar-refractivity contribution >= 4 is 10.0 Å². The molecule has 0 heterocycles. The average molecular weight is 310 g/mol. The number of rotatable bonds is 4. The normalized spacial score (nSPS) is 28.3. The summed E-state index contributed by atoms with van der Waals surface area (Å²) in [4.78, 5) is 0.165. The third-order valence-electron chi connectivity index (χ3n) is 4.79. The molecule has 1 aromatic rings. The van der Waals surface area contributed by atoms with Gasteiger partial charge in [0.2, 0.25) is 10.0 Å². The van der Waals surface area contributed by atoms with Crippen molar-refractivity contribution in [3.05, 3.63) is 29.8 Å². The molecule has 4 unspecified atom stereocenters. The minimum Gasteiger partial charge on any atom is -0.307 e. The molecule has 0 saturated heterocycles. The fourth-order valence-corrected chi connectivity index (χ4v) is 3.61. The number of nitrogens with two attached hydrogens (primary N) is 1. The van der Waals surface area contributed by atoms with Crippen LogP contribution in [0.15, 0.2) is 29.2 Å². The molecule has 5 heteroatoms. The maximum Gasteiger partial charge on any atom is 0.238 e. The average Bonchev–Trinajstić information content (AvgIpc) is 2.42. The summed E-state index contributed by atoms with van der Waals surface area (Å²) < 4.78 is 22.5. The van der Waals surface area contributed by atoms with Gasteiger partial charge in [-0.2, -0.15) is 0 Å². The first-order chi connectivity index (χ1) is 9.77. The van der Waals surface area contributed by atoms with Crippen molar-refractivity contribution in [3.8, 4) is 0 Å². The maximum absolute atomic E-state index is 11.3. The van der Waals surface area contributed by atoms with Crippen LogP contribution in [0.2, 0.25) is 0 Å². The highest BCUT2D eigenvalue weighted by atomic mass is 32.2. The third kappa shape index (κ3) is 4.28. The molecule has 1 aliphatic rings. The first-order valence-electron chi connectivity index (χ1n) is 7.66. The monoisotopic (exact) mass is 310 g/mol. The Labute approximate surface area is 128 Å². The van der Waals surface area contributed by atoms with Crippen LogP contribution >= 0.6 is 0 Å². The molecular weight excluding hydrogens is 284 g/mol. The van der Waals surface area contributed by atoms with E-state index in [1.807, 2.05) is 12.1 Å². The molecule has 1 fully saturated rings. The Balaban J connectivity index is 1.99. The van der Waals surface area contributed by atoms with Crippen LogP contribution in [0.3, 0.4) is 0 Å². The van der Waals surface area contributed by atoms with Gasteiger partial charge in [-0.25, -0.2) is 13.6 Å². The van der Waals surface area contributed by atoms with Crippen molar-refractivity contribution in [1.82, 2.24) is 5.32 Å². The zero-order valence-corrected chi connectivity index (χ0v) is 13.9. The lowest BCUT2D eigenvalue weighted by Crippen LogP contribution is -2.37. The van der Waals surface area contributed by atoms with Crippen molar-refractivity contribution in [3.63, 3.8) is 0 Å². The Bertz CT molecular complexity index is 568. The lowest BCUT2D eigenvalue weighted by Gasteiger charge is -2.34. The van der Waals surface area contributed by atoms with E-state index in [9.17, 15) is 8.42 Å². The van der Waals surface area contributed by atoms with Gasteiger partial charge in [-0.3, -0.25) is 0 Å². The molecule has 1 saturated carbocycles. The lowest BCUT2D eigenvalue weighted by molar-refractivity contribution is 0.217. The van der Waals surface area contributed by atoms with Gasteiger partial charge in [-0.05, 0) is 55.7 Å². The van der Waals surface area contributed by atoms with Gasteiger partial charge >= 0.3 is 0 Å². The van der Waals surface area contributed by atoms with E-state index in [1.165, 1.54) is 19.3 Å². The molecule has 0 aliphatic heterocycles. The van der Waals surface area contributed by atoms with E-state index in [0.29, 0.717) is 6.04 Å². The molecule has 0 amide bonds. The van der Waals surface area contributed by atoms with Gasteiger partial charge in [0.05, 0.1) is 4.90 Å². The molecule has 4 nitrogen and oxygen atoms in total. The second-order valence-corrected chi connectivity index (χ2v) is 8.03. The largest absolute Gasteiger partial charge is 0.307 e. The number of sulfonamides is 1. The Hall–Kier alpha value is -0.910. The Morgan fingerprint density at radius 1 is 1.14 bits per heavy atom. The van der Waals surface area contributed by atoms with Gasteiger partial charge < -0.3 is 5.32 Å². The van der Waals surface area contributed by atoms with E-state index in [0.717, 1.165) is 17.4 Å². The highest BCUT2D eigenvalue weighted by Gasteiger charge is 2.25. The van der Waals surface area contributed by atoms with Crippen molar-refractivity contribution in [2.24, 2.45) is 17.0 Å². The second-order valence-electron chi connectivity index (χ2n) is 6.47. The SMILES string of the molecule is CC(NC1CCC(C)C(C)C1)c1ccc(S(N)(=O)=O)cc1. The van der Waals surface area contributed by atoms with Crippen molar-refractivity contribution < 1.29 is 8.42 Å². The van der Waals surface area contributed by atoms with Gasteiger partial charge in [-0.1, -0.05) is 26.0 Å². The molecule has 0 radical (unpaired) electrons. The molecular formula is C16H26N2O2S. The van der Waals surface area contributed by atoms with E-state index in [4.69, 9.17) is 5.14 Å². The number of primary sulfonamides is 1. The van der Waals surface area contributed by atoms with Crippen LogP contribution in [0, 0.1) is 11.8 Å². The highest BCUT2D eigenvalue weighted by Crippen LogP contribution is 2.30. The summed E-state index contributed by atoms with van der Waals surface area (Å²) in [7, 11) is -3.61. The Kier molecular flexibility index (Phi) is 5.07. The summed E-state index contributed by atoms with van der Waals surface area (Å²) >= 11 is 0. The van der Waals surface area contributed by atoms with Crippen molar-refractivity contribution in [2.75, 3.05) is 0 Å². The smallest absolute Gasteiger partial charge is 0.238 e. The van der Waals surface area contributed by atoms with Crippen LogP contribution in [-0.4, -0.2) is 14.5 Å². The van der Waals surface area contributed by atoms with Crippen LogP contribution in [0.4, 0.5) is 0 Å². The number of hydrogen-bond acceptors (Lipinski definition) is 3. The summed E-state index contributed by atoms with van der Waals surface area (Å²) in [6.07, 6.45) is 3.70. The molecule has 118 valence electrons. The fourth-order valence-electron chi connectivity index (χ4n) is 3.09. The fraction of sp³-hybridized carbons (Fsp3) is 0.625. The van der Waals surface area contributed by atoms with Gasteiger partial charge in [0.15, 0.2) is 0 Å². The van der Waals surface area contributed by atoms with E-state index in [-0.39, 0.29) is 10.9 Å². The van der Waals surface area contributed by atoms with Crippen LogP contribution in [-0.2, 0) is 10.0 Å². The van der Waals surface area contributed by atoms with Crippen LogP contribution in [0.1, 0.15) is 51.6 Å². The summed E-state index contributed by atoms with van der Waals surface area (Å²) in [5.41, 5.74) is 1.09. The molecule has 1 aliphatic carbocycles. The van der Waals surface area contributed by atoms with E-state index >= 15 is 0 Å². The van der Waals surface area contributed by atoms with Crippen LogP contribution in [0.25, 0.3) is 0 Å². The van der Waals surface area contributed by atoms with E-state index in [2.05, 4.69) is 26.1 Å². The third-order valence-corrected chi connectivity index (χ3v) is 5.72. The minimum absolute atomic E-state index is 0.165. The standard InChI is InChI=1S/C16H26N2O2S/c1-11-4-7-15(10-12(11)2)18-13(3)14-5-8-16(9-6-14)21(17,19)20/h5-6,8-9,11-13,15,18H,4,7,10H2,1-3H3,(H2,17,19,20). The van der Waals surface area contributed by atoms with Gasteiger partial charge in [-0.15, -0.1) is 0 Å². The first-order valence-corrected chi connectivity index (χ1v) is 9.21. The number of hydrogen-bond donors (Lipinski definition) is 2. The predicted octanol–water partition coefficient (Wildman–Crippen LogP) is 2.81. The molecule has 2 rings (SSSR count). The molecule has 0 bridgehead atoms. The van der Waals surface area contributed by atoms with Crippen molar-refractivity contribution in [1.29, 1.82) is 0 Å². The zero-order valence-electron chi connectivity index (χ0n) is 13.0. The topological polar surface area (TPSA) is 72.2 Å². The summed E-state index contributed by atoms with van der Waals surface area (Å²) in [6, 6.07) is 7.59. The second kappa shape index (κ2) is 6.46. The zero-order chi connectivity index (χ0) is 15.6. The van der Waals surface area contributed by atoms with E-state index in [1.54, 1.807) is 12.1 Å². The molecule has 3 N–H and O–H groups in total. The Morgan fingerprint density at radius 3 is 2.29 bits per heavy atom. The minimum atomic E-state index is -3.61. The molecule has 0 spiro atoms. The summed E-state index contributed by atoms with van der Waals surface area (Å²) in [6.45, 7) is 6.77. The van der Waals surface area contributed by atoms with Crippen LogP contribution < -0.4 is 10.5 Å². The van der Waals surface area contributed by atoms with Gasteiger partial charge in [0, 0.05) is 12.1 Å². The summed E-state index contributed by atoms with van der Waals surface area (Å²) in [5, 5.41) is 8.78.